The van der Waals surface area contributed by atoms with Gasteiger partial charge in [0.1, 0.15) is 0 Å². The second kappa shape index (κ2) is 14.3. The molecule has 0 aromatic heterocycles. The summed E-state index contributed by atoms with van der Waals surface area (Å²) in [6.45, 7) is 3.51. The molecule has 16 N–H and O–H groups in total. The fourth-order valence-electron chi connectivity index (χ4n) is 6.18. The highest BCUT2D eigenvalue weighted by atomic mass is 32.2. The van der Waals surface area contributed by atoms with E-state index in [0.29, 0.717) is 65.1 Å². The third-order valence-electron chi connectivity index (χ3n) is 8.91. The Morgan fingerprint density at radius 3 is 0.889 bits per heavy atom. The molecule has 8 amide bonds. The van der Waals surface area contributed by atoms with Crippen molar-refractivity contribution in [3.05, 3.63) is 72.8 Å². The van der Waals surface area contributed by atoms with Crippen molar-refractivity contribution in [1.29, 1.82) is 0 Å². The molecule has 2 heterocycles. The SMILES string of the molecule is CC(C(=O)C(C)N1c2ccc(N(N)C(N)=O)cc2Sc2cc(N(N)C(N)=O)ccc21)N1c2ccc(N(N)C(N)=O)cc2Sc2cc(N(N)C(N)=O)ccc21. The fourth-order valence-corrected chi connectivity index (χ4v) is 8.45. The minimum Gasteiger partial charge on any atom is -0.350 e. The molecule has 54 heavy (non-hydrogen) atoms. The number of ketones is 1. The summed E-state index contributed by atoms with van der Waals surface area (Å²) in [5, 5.41) is 3.18. The third kappa shape index (κ3) is 6.61. The number of carbonyl (C=O) groups is 5. The Labute approximate surface area is 316 Å². The lowest BCUT2D eigenvalue weighted by atomic mass is 10.0. The normalized spacial score (nSPS) is 13.7. The average molecular weight is 773 g/mol. The molecular weight excluding hydrogens is 737 g/mol. The van der Waals surface area contributed by atoms with E-state index in [-0.39, 0.29) is 5.78 Å². The summed E-state index contributed by atoms with van der Waals surface area (Å²) in [6.07, 6.45) is 0. The van der Waals surface area contributed by atoms with Gasteiger partial charge >= 0.3 is 24.1 Å². The number of carbonyl (C=O) groups excluding carboxylic acids is 5. The van der Waals surface area contributed by atoms with Crippen LogP contribution in [0.25, 0.3) is 0 Å². The van der Waals surface area contributed by atoms with Gasteiger partial charge < -0.3 is 32.7 Å². The predicted molar refractivity (Wildman–Crippen MR) is 207 cm³/mol. The first-order valence-corrected chi connectivity index (χ1v) is 17.5. The van der Waals surface area contributed by atoms with Gasteiger partial charge in [-0.1, -0.05) is 23.5 Å². The van der Waals surface area contributed by atoms with Gasteiger partial charge in [0.05, 0.1) is 57.6 Å². The van der Waals surface area contributed by atoms with Gasteiger partial charge in [0.25, 0.3) is 0 Å². The molecule has 0 bridgehead atoms. The number of fused-ring (bicyclic) bond motifs is 4. The minimum atomic E-state index is -0.880. The second-order valence-corrected chi connectivity index (χ2v) is 14.3. The number of urea groups is 4. The van der Waals surface area contributed by atoms with Crippen LogP contribution in [0.3, 0.4) is 0 Å². The van der Waals surface area contributed by atoms with E-state index in [0.717, 1.165) is 20.0 Å². The van der Waals surface area contributed by atoms with Crippen LogP contribution < -0.4 is 76.1 Å². The second-order valence-electron chi connectivity index (χ2n) is 12.1. The van der Waals surface area contributed by atoms with E-state index in [2.05, 4.69) is 0 Å². The van der Waals surface area contributed by atoms with Gasteiger partial charge in [-0.05, 0) is 86.6 Å². The zero-order valence-corrected chi connectivity index (χ0v) is 30.4. The van der Waals surface area contributed by atoms with Crippen LogP contribution in [-0.4, -0.2) is 42.0 Å². The van der Waals surface area contributed by atoms with Gasteiger partial charge in [0, 0.05) is 19.6 Å². The van der Waals surface area contributed by atoms with Gasteiger partial charge in [-0.15, -0.1) is 0 Å². The van der Waals surface area contributed by atoms with Crippen LogP contribution in [0.1, 0.15) is 13.8 Å². The van der Waals surface area contributed by atoms with E-state index in [1.165, 1.54) is 23.5 Å². The number of nitrogens with two attached hydrogens (primary N) is 8. The molecule has 0 saturated carbocycles. The van der Waals surface area contributed by atoms with Crippen molar-refractivity contribution in [3.63, 3.8) is 0 Å². The smallest absolute Gasteiger partial charge is 0.333 e. The molecule has 2 aliphatic rings. The van der Waals surface area contributed by atoms with Crippen molar-refractivity contribution < 1.29 is 24.0 Å². The van der Waals surface area contributed by atoms with E-state index in [1.54, 1.807) is 86.6 Å². The third-order valence-corrected chi connectivity index (χ3v) is 11.1. The van der Waals surface area contributed by atoms with Crippen LogP contribution in [-0.2, 0) is 4.79 Å². The molecule has 19 nitrogen and oxygen atoms in total. The zero-order chi connectivity index (χ0) is 39.3. The largest absolute Gasteiger partial charge is 0.350 e. The molecule has 0 radical (unpaired) electrons. The topological polar surface area (TPSA) is 313 Å². The van der Waals surface area contributed by atoms with Crippen LogP contribution in [0.5, 0.6) is 0 Å². The summed E-state index contributed by atoms with van der Waals surface area (Å²) in [7, 11) is 0. The number of hydrogen-bond donors (Lipinski definition) is 8. The summed E-state index contributed by atoms with van der Waals surface area (Å²) >= 11 is 2.60. The number of benzene rings is 4. The molecule has 0 saturated heterocycles. The van der Waals surface area contributed by atoms with Crippen molar-refractivity contribution in [2.45, 2.75) is 45.5 Å². The number of Topliss-reactive ketones (excluding diaryl/α,β-unsaturated/α-hetero) is 1. The number of anilines is 8. The summed E-state index contributed by atoms with van der Waals surface area (Å²) in [6, 6.07) is 14.8. The van der Waals surface area contributed by atoms with Crippen LogP contribution >= 0.6 is 23.5 Å². The van der Waals surface area contributed by atoms with Crippen molar-refractivity contribution >= 4 is 98.9 Å². The van der Waals surface area contributed by atoms with E-state index in [4.69, 9.17) is 46.3 Å². The van der Waals surface area contributed by atoms with Crippen LogP contribution in [0.2, 0.25) is 0 Å². The first kappa shape index (κ1) is 37.5. The summed E-state index contributed by atoms with van der Waals surface area (Å²) in [5.74, 6) is 23.5. The van der Waals surface area contributed by atoms with Gasteiger partial charge in [0.15, 0.2) is 5.78 Å². The Morgan fingerprint density at radius 2 is 0.685 bits per heavy atom. The molecule has 4 aromatic rings. The predicted octanol–water partition coefficient (Wildman–Crippen LogP) is 2.97. The van der Waals surface area contributed by atoms with Crippen LogP contribution in [0.4, 0.5) is 64.7 Å². The monoisotopic (exact) mass is 772 g/mol. The lowest BCUT2D eigenvalue weighted by molar-refractivity contribution is -0.120. The number of amides is 8. The maximum Gasteiger partial charge on any atom is 0.333 e. The van der Waals surface area contributed by atoms with Crippen LogP contribution in [0.15, 0.2) is 92.4 Å². The molecule has 0 fully saturated rings. The number of hydrazine groups is 4. The zero-order valence-electron chi connectivity index (χ0n) is 28.7. The minimum absolute atomic E-state index is 0.228. The van der Waals surface area contributed by atoms with Crippen molar-refractivity contribution in [2.75, 3.05) is 29.8 Å². The van der Waals surface area contributed by atoms with Gasteiger partial charge in [-0.25, -0.2) is 62.6 Å². The van der Waals surface area contributed by atoms with Crippen molar-refractivity contribution in [1.82, 2.24) is 0 Å². The highest BCUT2D eigenvalue weighted by molar-refractivity contribution is 8.00. The lowest BCUT2D eigenvalue weighted by Gasteiger charge is -2.41. The Balaban J connectivity index is 1.45. The Hall–Kier alpha value is -6.23. The van der Waals surface area contributed by atoms with E-state index in [1.807, 2.05) is 9.80 Å². The van der Waals surface area contributed by atoms with Crippen molar-refractivity contribution in [2.24, 2.45) is 46.3 Å². The Bertz CT molecular complexity index is 1950. The number of nitrogens with zero attached hydrogens (tertiary/aromatic N) is 6. The molecule has 2 atom stereocenters. The molecule has 6 rings (SSSR count). The lowest BCUT2D eigenvalue weighted by Crippen LogP contribution is -2.48. The summed E-state index contributed by atoms with van der Waals surface area (Å²) in [4.78, 5) is 68.7. The number of rotatable bonds is 8. The molecule has 0 aliphatic carbocycles. The van der Waals surface area contributed by atoms with Gasteiger partial charge in [-0.2, -0.15) is 0 Å². The molecule has 0 spiro atoms. The van der Waals surface area contributed by atoms with Gasteiger partial charge in [0.2, 0.25) is 0 Å². The first-order chi connectivity index (χ1) is 25.5. The van der Waals surface area contributed by atoms with Gasteiger partial charge in [-0.3, -0.25) is 4.79 Å². The summed E-state index contributed by atoms with van der Waals surface area (Å²) < 4.78 is 0. The van der Waals surface area contributed by atoms with Crippen molar-refractivity contribution in [3.8, 4) is 0 Å². The highest BCUT2D eigenvalue weighted by Crippen LogP contribution is 2.53. The quantitative estimate of drug-likeness (QED) is 0.0726. The van der Waals surface area contributed by atoms with Crippen LogP contribution in [0, 0.1) is 0 Å². The maximum absolute atomic E-state index is 14.9. The standard InChI is InChI=1S/C33H36N14O5S2/c1-15(42-21-7-3-17(44(38)30(34)49)11-25(21)53-26-12-18(4-8-22(26)42)45(39)31(35)50)29(48)16(2)43-23-9-5-19(46(40)32(36)51)13-27(23)54-28-14-20(6-10-24(28)43)47(41)33(37)52/h3-16H,38-41H2,1-2H3,(H2,34,49)(H2,35,50)(H2,36,51)(H2,37,52). The Kier molecular flexibility index (Phi) is 9.94. The molecule has 2 aliphatic heterocycles. The molecular formula is C33H36N14O5S2. The maximum atomic E-state index is 14.9. The van der Waals surface area contributed by atoms with E-state index >= 15 is 0 Å². The molecule has 2 unspecified atom stereocenters. The molecule has 21 heteroatoms. The summed E-state index contributed by atoms with van der Waals surface area (Å²) in [5.41, 5.74) is 25.5. The fraction of sp³-hybridized carbons (Fsp3) is 0.121. The van der Waals surface area contributed by atoms with E-state index < -0.39 is 36.2 Å². The molecule has 4 aromatic carbocycles. The highest BCUT2D eigenvalue weighted by Gasteiger charge is 2.38. The number of primary amides is 4. The Morgan fingerprint density at radius 1 is 0.463 bits per heavy atom. The van der Waals surface area contributed by atoms with E-state index in [9.17, 15) is 24.0 Å². The first-order valence-electron chi connectivity index (χ1n) is 15.9. The average Bonchev–Trinajstić information content (AvgIpc) is 3.15. The molecule has 280 valence electrons. The number of hydrogen-bond acceptors (Lipinski definition) is 13.